The molecule has 2 N–H and O–H groups in total. The number of nitrogens with one attached hydrogen (secondary N) is 2. The van der Waals surface area contributed by atoms with Gasteiger partial charge in [-0.3, -0.25) is 14.4 Å². The molecule has 2 fully saturated rings. The first-order valence-electron chi connectivity index (χ1n) is 11.8. The Hall–Kier alpha value is -2.46. The Morgan fingerprint density at radius 1 is 1.29 bits per heavy atom. The molecule has 2 aromatic rings. The number of alkyl halides is 1. The predicted octanol–water partition coefficient (Wildman–Crippen LogP) is 3.42. The Balaban J connectivity index is 1.39. The number of hydrogen-bond acceptors (Lipinski definition) is 6. The first kappa shape index (κ1) is 25.6. The summed E-state index contributed by atoms with van der Waals surface area (Å²) in [5.74, 6) is -1.44. The number of likely N-dealkylation sites (tertiary alicyclic amines) is 1. The average molecular weight is 519 g/mol. The number of thiazole rings is 1. The summed E-state index contributed by atoms with van der Waals surface area (Å²) >= 11 is 6.08. The van der Waals surface area contributed by atoms with Crippen LogP contribution in [0.2, 0.25) is 0 Å². The molecule has 1 saturated heterocycles. The quantitative estimate of drug-likeness (QED) is 0.467. The van der Waals surface area contributed by atoms with Gasteiger partial charge >= 0.3 is 0 Å². The normalized spacial score (nSPS) is 19.8. The number of hydrogen-bond donors (Lipinski definition) is 3. The predicted molar refractivity (Wildman–Crippen MR) is 137 cm³/mol. The van der Waals surface area contributed by atoms with Crippen molar-refractivity contribution in [1.29, 1.82) is 0 Å². The van der Waals surface area contributed by atoms with Crippen LogP contribution in [0.15, 0.2) is 29.8 Å². The number of carbonyl (C=O) groups is 3. The molecule has 35 heavy (non-hydrogen) atoms. The summed E-state index contributed by atoms with van der Waals surface area (Å²) < 4.78 is 13.3. The fraction of sp³-hybridized carbons (Fsp3) is 0.520. The van der Waals surface area contributed by atoms with Crippen LogP contribution in [0.25, 0.3) is 10.4 Å². The lowest BCUT2D eigenvalue weighted by molar-refractivity contribution is -0.142. The van der Waals surface area contributed by atoms with Gasteiger partial charge in [0.05, 0.1) is 16.1 Å². The third-order valence-corrected chi connectivity index (χ3v) is 7.83. The second-order valence-electron chi connectivity index (χ2n) is 9.90. The Morgan fingerprint density at radius 3 is 2.54 bits per heavy atom. The van der Waals surface area contributed by atoms with Crippen LogP contribution in [0.5, 0.6) is 0 Å². The molecule has 2 aliphatic rings. The number of halogens is 1. The molecule has 1 saturated carbocycles. The number of carbonyl (C=O) groups excluding carboxylic acids is 3. The zero-order valence-corrected chi connectivity index (χ0v) is 21.8. The molecule has 7 nitrogen and oxygen atoms in total. The van der Waals surface area contributed by atoms with Gasteiger partial charge in [-0.15, -0.1) is 11.3 Å². The van der Waals surface area contributed by atoms with Crippen molar-refractivity contribution in [3.63, 3.8) is 0 Å². The molecule has 2 heterocycles. The first-order chi connectivity index (χ1) is 16.5. The van der Waals surface area contributed by atoms with Crippen molar-refractivity contribution < 1.29 is 18.8 Å². The summed E-state index contributed by atoms with van der Waals surface area (Å²) in [6.07, 6.45) is 1.52. The highest BCUT2D eigenvalue weighted by atomic mass is 32.1. The van der Waals surface area contributed by atoms with E-state index in [0.717, 1.165) is 21.7 Å². The van der Waals surface area contributed by atoms with Gasteiger partial charge in [-0.05, 0) is 57.6 Å². The molecular formula is C25H31FN4O3S2. The minimum Gasteiger partial charge on any atom is -0.350 e. The van der Waals surface area contributed by atoms with Crippen LogP contribution < -0.4 is 10.6 Å². The smallest absolute Gasteiger partial charge is 0.258 e. The molecule has 1 aromatic carbocycles. The molecule has 188 valence electrons. The van der Waals surface area contributed by atoms with E-state index in [0.29, 0.717) is 25.9 Å². The van der Waals surface area contributed by atoms with Crippen LogP contribution in [0.4, 0.5) is 4.39 Å². The highest BCUT2D eigenvalue weighted by Gasteiger charge is 2.53. The molecule has 0 radical (unpaired) electrons. The molecule has 2 atom stereocenters. The summed E-state index contributed by atoms with van der Waals surface area (Å²) in [6, 6.07) is 6.26. The Labute approximate surface area is 214 Å². The van der Waals surface area contributed by atoms with E-state index in [1.165, 1.54) is 4.90 Å². The van der Waals surface area contributed by atoms with E-state index < -0.39 is 34.3 Å². The van der Waals surface area contributed by atoms with E-state index in [1.54, 1.807) is 25.2 Å². The molecule has 10 heteroatoms. The van der Waals surface area contributed by atoms with Gasteiger partial charge in [0.25, 0.3) is 5.91 Å². The van der Waals surface area contributed by atoms with Gasteiger partial charge in [-0.25, -0.2) is 9.37 Å². The number of aromatic nitrogens is 1. The molecular weight excluding hydrogens is 487 g/mol. The van der Waals surface area contributed by atoms with E-state index in [-0.39, 0.29) is 18.7 Å². The monoisotopic (exact) mass is 518 g/mol. The van der Waals surface area contributed by atoms with Gasteiger partial charge in [0.1, 0.15) is 12.1 Å². The summed E-state index contributed by atoms with van der Waals surface area (Å²) in [4.78, 5) is 45.6. The zero-order valence-electron chi connectivity index (χ0n) is 20.1. The molecule has 4 rings (SSSR count). The minimum absolute atomic E-state index is 0.159. The van der Waals surface area contributed by atoms with Crippen molar-refractivity contribution in [1.82, 2.24) is 20.5 Å². The molecule has 1 aliphatic carbocycles. The molecule has 1 aliphatic heterocycles. The van der Waals surface area contributed by atoms with E-state index in [1.807, 2.05) is 36.7 Å². The van der Waals surface area contributed by atoms with Crippen molar-refractivity contribution in [2.24, 2.45) is 0 Å². The summed E-state index contributed by atoms with van der Waals surface area (Å²) in [5.41, 5.74) is 2.93. The largest absolute Gasteiger partial charge is 0.350 e. The van der Waals surface area contributed by atoms with Crippen LogP contribution in [0.3, 0.4) is 0 Å². The molecule has 0 bridgehead atoms. The van der Waals surface area contributed by atoms with Crippen LogP contribution in [0.1, 0.15) is 50.8 Å². The molecule has 1 aromatic heterocycles. The van der Waals surface area contributed by atoms with Crippen LogP contribution >= 0.6 is 24.0 Å². The van der Waals surface area contributed by atoms with Crippen LogP contribution in [0, 0.1) is 6.92 Å². The molecule has 2 unspecified atom stereocenters. The standard InChI is InChI=1S/C25H31FN4O3S2/c1-15-19(35-14-28-15)17-8-6-16(7-9-17)13-27-21(31)18-5-4-12-30(18)22(32)20(24(2,3)34)29-23(33)25(26)10-11-25/h6-9,14,18,20,34H,4-5,10-13H2,1-3H3,(H,27,31)(H,29,33). The first-order valence-corrected chi connectivity index (χ1v) is 13.1. The number of thiol groups is 1. The number of aryl methyl sites for hydroxylation is 1. The Kier molecular flexibility index (Phi) is 7.24. The number of amides is 3. The summed E-state index contributed by atoms with van der Waals surface area (Å²) in [7, 11) is 0. The SMILES string of the molecule is Cc1ncsc1-c1ccc(CNC(=O)C2CCCN2C(=O)C(NC(=O)C2(F)CC2)C(C)(C)S)cc1. The molecule has 3 amide bonds. The van der Waals surface area contributed by atoms with E-state index in [2.05, 4.69) is 28.2 Å². The minimum atomic E-state index is -1.90. The van der Waals surface area contributed by atoms with Gasteiger partial charge in [0.2, 0.25) is 11.8 Å². The lowest BCUT2D eigenvalue weighted by Gasteiger charge is -2.35. The lowest BCUT2D eigenvalue weighted by Crippen LogP contribution is -2.60. The van der Waals surface area contributed by atoms with Gasteiger partial charge in [-0.2, -0.15) is 12.6 Å². The van der Waals surface area contributed by atoms with E-state index in [9.17, 15) is 18.8 Å². The summed E-state index contributed by atoms with van der Waals surface area (Å²) in [6.45, 7) is 6.10. The fourth-order valence-corrected chi connectivity index (χ4v) is 5.25. The van der Waals surface area contributed by atoms with Gasteiger partial charge < -0.3 is 15.5 Å². The number of nitrogens with zero attached hydrogens (tertiary/aromatic N) is 2. The van der Waals surface area contributed by atoms with Crippen LogP contribution in [-0.2, 0) is 20.9 Å². The van der Waals surface area contributed by atoms with Crippen molar-refractivity contribution in [2.45, 2.75) is 75.5 Å². The Morgan fingerprint density at radius 2 is 1.97 bits per heavy atom. The second-order valence-corrected chi connectivity index (χ2v) is 11.9. The third kappa shape index (κ3) is 5.69. The topological polar surface area (TPSA) is 91.4 Å². The van der Waals surface area contributed by atoms with Gasteiger partial charge in [-0.1, -0.05) is 24.3 Å². The maximum Gasteiger partial charge on any atom is 0.258 e. The number of rotatable bonds is 8. The fourth-order valence-electron chi connectivity index (χ4n) is 4.27. The second kappa shape index (κ2) is 9.89. The van der Waals surface area contributed by atoms with Gasteiger partial charge in [0.15, 0.2) is 5.67 Å². The highest BCUT2D eigenvalue weighted by molar-refractivity contribution is 7.81. The lowest BCUT2D eigenvalue weighted by atomic mass is 10.0. The van der Waals surface area contributed by atoms with Crippen molar-refractivity contribution >= 4 is 41.7 Å². The van der Waals surface area contributed by atoms with Gasteiger partial charge in [0, 0.05) is 17.8 Å². The van der Waals surface area contributed by atoms with Crippen LogP contribution in [-0.4, -0.2) is 56.6 Å². The third-order valence-electron chi connectivity index (χ3n) is 6.59. The van der Waals surface area contributed by atoms with E-state index >= 15 is 0 Å². The highest BCUT2D eigenvalue weighted by Crippen LogP contribution is 2.40. The maximum absolute atomic E-state index is 14.2. The zero-order chi connectivity index (χ0) is 25.4. The number of benzene rings is 1. The van der Waals surface area contributed by atoms with Crippen molar-refractivity contribution in [2.75, 3.05) is 6.54 Å². The van der Waals surface area contributed by atoms with E-state index in [4.69, 9.17) is 0 Å². The average Bonchev–Trinajstić information content (AvgIpc) is 3.20. The maximum atomic E-state index is 14.2. The summed E-state index contributed by atoms with van der Waals surface area (Å²) in [5, 5.41) is 5.49. The van der Waals surface area contributed by atoms with Crippen molar-refractivity contribution in [3.05, 3.63) is 41.0 Å². The van der Waals surface area contributed by atoms with Crippen molar-refractivity contribution in [3.8, 4) is 10.4 Å². The Bertz CT molecular complexity index is 1110. The molecule has 0 spiro atoms.